The summed E-state index contributed by atoms with van der Waals surface area (Å²) in [5.74, 6) is -0.0145. The van der Waals surface area contributed by atoms with Gasteiger partial charge in [-0.1, -0.05) is 30.3 Å². The number of hydrogen-bond donors (Lipinski definition) is 2. The second-order valence-electron chi connectivity index (χ2n) is 7.99. The van der Waals surface area contributed by atoms with Crippen LogP contribution in [0.4, 0.5) is 4.39 Å². The number of carbonyl (C=O) groups excluding carboxylic acids is 2. The summed E-state index contributed by atoms with van der Waals surface area (Å²) in [5, 5.41) is 12.4. The van der Waals surface area contributed by atoms with E-state index in [-0.39, 0.29) is 43.6 Å². The van der Waals surface area contributed by atoms with Gasteiger partial charge in [-0.3, -0.25) is 9.59 Å². The van der Waals surface area contributed by atoms with Crippen LogP contribution in [0.5, 0.6) is 5.75 Å². The Balaban J connectivity index is 1.71. The normalized spacial score (nSPS) is 18.0. The molecule has 1 atom stereocenters. The summed E-state index contributed by atoms with van der Waals surface area (Å²) in [6, 6.07) is 14.1. The zero-order chi connectivity index (χ0) is 22.3. The van der Waals surface area contributed by atoms with Crippen molar-refractivity contribution in [1.29, 1.82) is 0 Å². The van der Waals surface area contributed by atoms with E-state index in [9.17, 15) is 19.1 Å². The Labute approximate surface area is 182 Å². The molecular formula is C24H29FN2O4. The lowest BCUT2D eigenvalue weighted by Gasteiger charge is -2.31. The lowest BCUT2D eigenvalue weighted by Crippen LogP contribution is -2.45. The summed E-state index contributed by atoms with van der Waals surface area (Å²) in [4.78, 5) is 26.6. The molecule has 0 spiro atoms. The molecular weight excluding hydrogens is 399 g/mol. The molecule has 166 valence electrons. The summed E-state index contributed by atoms with van der Waals surface area (Å²) < 4.78 is 19.6. The Morgan fingerprint density at radius 1 is 1.26 bits per heavy atom. The van der Waals surface area contributed by atoms with Crippen LogP contribution >= 0.6 is 0 Å². The van der Waals surface area contributed by atoms with E-state index in [1.54, 1.807) is 17.0 Å². The molecule has 7 heteroatoms. The van der Waals surface area contributed by atoms with E-state index < -0.39 is 5.54 Å². The van der Waals surface area contributed by atoms with Gasteiger partial charge in [-0.2, -0.15) is 0 Å². The molecule has 6 nitrogen and oxygen atoms in total. The maximum Gasteiger partial charge on any atom is 0.223 e. The summed E-state index contributed by atoms with van der Waals surface area (Å²) in [6.07, 6.45) is 1.76. The van der Waals surface area contributed by atoms with E-state index in [0.29, 0.717) is 37.1 Å². The number of carbonyl (C=O) groups is 2. The fraction of sp³-hybridized carbons (Fsp3) is 0.417. The van der Waals surface area contributed by atoms with Crippen LogP contribution in [0.3, 0.4) is 0 Å². The van der Waals surface area contributed by atoms with E-state index >= 15 is 0 Å². The number of amides is 2. The lowest BCUT2D eigenvalue weighted by atomic mass is 9.84. The number of hydrogen-bond acceptors (Lipinski definition) is 4. The molecule has 0 bridgehead atoms. The van der Waals surface area contributed by atoms with Crippen molar-refractivity contribution in [2.75, 3.05) is 20.3 Å². The van der Waals surface area contributed by atoms with Gasteiger partial charge in [0.05, 0.1) is 13.7 Å². The standard InChI is InChI=1S/C24H29FN2O4/c1-31-20-7-8-21(25)19(15-20)16-24(11-9-22(29)26-24)12-10-23(30)27(13-14-28)17-18-5-3-2-4-6-18/h2-8,15,28H,9-14,16-17H2,1H3,(H,26,29). The third-order valence-electron chi connectivity index (χ3n) is 5.77. The first-order chi connectivity index (χ1) is 14.9. The number of nitrogens with one attached hydrogen (secondary N) is 1. The van der Waals surface area contributed by atoms with Crippen LogP contribution in [0.25, 0.3) is 0 Å². The number of ether oxygens (including phenoxy) is 1. The Morgan fingerprint density at radius 3 is 2.68 bits per heavy atom. The van der Waals surface area contributed by atoms with Crippen LogP contribution in [-0.4, -0.2) is 47.6 Å². The zero-order valence-electron chi connectivity index (χ0n) is 17.8. The summed E-state index contributed by atoms with van der Waals surface area (Å²) in [5.41, 5.74) is 0.745. The van der Waals surface area contributed by atoms with Crippen LogP contribution in [0.15, 0.2) is 48.5 Å². The van der Waals surface area contributed by atoms with Gasteiger partial charge < -0.3 is 20.1 Å². The SMILES string of the molecule is COc1ccc(F)c(CC2(CCC(=O)N(CCO)Cc3ccccc3)CCC(=O)N2)c1. The Hall–Kier alpha value is -2.93. The van der Waals surface area contributed by atoms with Crippen molar-refractivity contribution in [3.05, 3.63) is 65.5 Å². The highest BCUT2D eigenvalue weighted by molar-refractivity contribution is 5.80. The van der Waals surface area contributed by atoms with Crippen LogP contribution in [0, 0.1) is 5.82 Å². The Bertz CT molecular complexity index is 906. The highest BCUT2D eigenvalue weighted by Crippen LogP contribution is 2.32. The number of benzene rings is 2. The largest absolute Gasteiger partial charge is 0.497 e. The van der Waals surface area contributed by atoms with Gasteiger partial charge in [0.2, 0.25) is 11.8 Å². The second-order valence-corrected chi connectivity index (χ2v) is 7.99. The molecule has 1 fully saturated rings. The van der Waals surface area contributed by atoms with Gasteiger partial charge in [0.25, 0.3) is 0 Å². The van der Waals surface area contributed by atoms with Crippen LogP contribution in [-0.2, 0) is 22.6 Å². The maximum atomic E-state index is 14.4. The fourth-order valence-corrected chi connectivity index (χ4v) is 4.08. The molecule has 1 unspecified atom stereocenters. The summed E-state index contributed by atoms with van der Waals surface area (Å²) >= 11 is 0. The molecule has 3 rings (SSSR count). The van der Waals surface area contributed by atoms with E-state index in [0.717, 1.165) is 5.56 Å². The van der Waals surface area contributed by atoms with Crippen molar-refractivity contribution in [1.82, 2.24) is 10.2 Å². The van der Waals surface area contributed by atoms with Crippen molar-refractivity contribution in [2.45, 2.75) is 44.2 Å². The molecule has 1 aliphatic heterocycles. The maximum absolute atomic E-state index is 14.4. The Kier molecular flexibility index (Phi) is 7.63. The molecule has 2 N–H and O–H groups in total. The topological polar surface area (TPSA) is 78.9 Å². The number of nitrogens with zero attached hydrogens (tertiary/aromatic N) is 1. The third-order valence-corrected chi connectivity index (χ3v) is 5.77. The number of aliphatic hydroxyl groups is 1. The van der Waals surface area contributed by atoms with Gasteiger partial charge in [0.15, 0.2) is 0 Å². The van der Waals surface area contributed by atoms with E-state index in [2.05, 4.69) is 5.32 Å². The zero-order valence-corrected chi connectivity index (χ0v) is 17.8. The first kappa shape index (κ1) is 22.7. The minimum atomic E-state index is -0.683. The predicted molar refractivity (Wildman–Crippen MR) is 115 cm³/mol. The summed E-state index contributed by atoms with van der Waals surface area (Å²) in [6.45, 7) is 0.511. The van der Waals surface area contributed by atoms with E-state index in [4.69, 9.17) is 4.74 Å². The van der Waals surface area contributed by atoms with Crippen molar-refractivity contribution >= 4 is 11.8 Å². The molecule has 31 heavy (non-hydrogen) atoms. The molecule has 2 aromatic carbocycles. The van der Waals surface area contributed by atoms with Gasteiger partial charge in [-0.05, 0) is 48.6 Å². The van der Waals surface area contributed by atoms with E-state index in [1.165, 1.54) is 13.2 Å². The van der Waals surface area contributed by atoms with Crippen molar-refractivity contribution in [2.24, 2.45) is 0 Å². The molecule has 1 saturated heterocycles. The van der Waals surface area contributed by atoms with Crippen LogP contribution in [0.2, 0.25) is 0 Å². The van der Waals surface area contributed by atoms with Gasteiger partial charge in [0.1, 0.15) is 11.6 Å². The number of methoxy groups -OCH3 is 1. The average Bonchev–Trinajstić information content (AvgIpc) is 3.14. The molecule has 0 saturated carbocycles. The lowest BCUT2D eigenvalue weighted by molar-refractivity contribution is -0.133. The Morgan fingerprint density at radius 2 is 2.03 bits per heavy atom. The summed E-state index contributed by atoms with van der Waals surface area (Å²) in [7, 11) is 1.52. The monoisotopic (exact) mass is 428 g/mol. The molecule has 0 aliphatic carbocycles. The molecule has 1 heterocycles. The van der Waals surface area contributed by atoms with E-state index in [1.807, 2.05) is 30.3 Å². The molecule has 2 amide bonds. The molecule has 1 aliphatic rings. The van der Waals surface area contributed by atoms with Gasteiger partial charge >= 0.3 is 0 Å². The van der Waals surface area contributed by atoms with Gasteiger partial charge in [-0.25, -0.2) is 4.39 Å². The minimum Gasteiger partial charge on any atom is -0.497 e. The fourth-order valence-electron chi connectivity index (χ4n) is 4.08. The number of halogens is 1. The smallest absolute Gasteiger partial charge is 0.223 e. The highest BCUT2D eigenvalue weighted by Gasteiger charge is 2.39. The van der Waals surface area contributed by atoms with Crippen molar-refractivity contribution in [3.63, 3.8) is 0 Å². The average molecular weight is 429 g/mol. The third kappa shape index (κ3) is 6.04. The quantitative estimate of drug-likeness (QED) is 0.610. The first-order valence-electron chi connectivity index (χ1n) is 10.5. The van der Waals surface area contributed by atoms with Crippen LogP contribution < -0.4 is 10.1 Å². The molecule has 0 aromatic heterocycles. The first-order valence-corrected chi connectivity index (χ1v) is 10.5. The predicted octanol–water partition coefficient (Wildman–Crippen LogP) is 2.83. The van der Waals surface area contributed by atoms with Crippen molar-refractivity contribution < 1.29 is 23.8 Å². The minimum absolute atomic E-state index is 0.0905. The second kappa shape index (κ2) is 10.4. The molecule has 2 aromatic rings. The molecule has 0 radical (unpaired) electrons. The number of rotatable bonds is 10. The van der Waals surface area contributed by atoms with Gasteiger partial charge in [0, 0.05) is 31.5 Å². The van der Waals surface area contributed by atoms with Gasteiger partial charge in [-0.15, -0.1) is 0 Å². The number of aliphatic hydroxyl groups excluding tert-OH is 1. The van der Waals surface area contributed by atoms with Crippen molar-refractivity contribution in [3.8, 4) is 5.75 Å². The highest BCUT2D eigenvalue weighted by atomic mass is 19.1. The van der Waals surface area contributed by atoms with Crippen LogP contribution in [0.1, 0.15) is 36.8 Å².